The number of benzene rings is 1. The van der Waals surface area contributed by atoms with E-state index < -0.39 is 0 Å². The van der Waals surface area contributed by atoms with Gasteiger partial charge in [-0.3, -0.25) is 5.10 Å². The number of nitrogens with one attached hydrogen (secondary N) is 1. The molecule has 0 radical (unpaired) electrons. The number of anilines is 1. The van der Waals surface area contributed by atoms with Crippen LogP contribution in [0, 0.1) is 0 Å². The van der Waals surface area contributed by atoms with E-state index in [9.17, 15) is 0 Å². The van der Waals surface area contributed by atoms with E-state index in [0.29, 0.717) is 5.82 Å². The SMILES string of the molecule is CCc1c(-c2cn[nH]c2N)cc(Br)c2c1OCO2. The largest absolute Gasteiger partial charge is 0.453 e. The van der Waals surface area contributed by atoms with Crippen LogP contribution in [-0.2, 0) is 6.42 Å². The molecule has 0 spiro atoms. The van der Waals surface area contributed by atoms with Crippen LogP contribution in [0.5, 0.6) is 11.5 Å². The zero-order chi connectivity index (χ0) is 12.7. The van der Waals surface area contributed by atoms with Gasteiger partial charge in [0.25, 0.3) is 0 Å². The molecule has 1 aromatic heterocycles. The Morgan fingerprint density at radius 2 is 2.17 bits per heavy atom. The molecule has 0 bridgehead atoms. The lowest BCUT2D eigenvalue weighted by molar-refractivity contribution is 0.173. The monoisotopic (exact) mass is 309 g/mol. The minimum absolute atomic E-state index is 0.255. The van der Waals surface area contributed by atoms with Gasteiger partial charge in [0.2, 0.25) is 6.79 Å². The number of fused-ring (bicyclic) bond motifs is 1. The van der Waals surface area contributed by atoms with Gasteiger partial charge in [0.05, 0.1) is 10.7 Å². The van der Waals surface area contributed by atoms with Crippen molar-refractivity contribution in [3.8, 4) is 22.6 Å². The highest BCUT2D eigenvalue weighted by Gasteiger charge is 2.24. The predicted molar refractivity (Wildman–Crippen MR) is 71.6 cm³/mol. The maximum Gasteiger partial charge on any atom is 0.231 e. The molecule has 6 heteroatoms. The summed E-state index contributed by atoms with van der Waals surface area (Å²) in [6.07, 6.45) is 2.55. The van der Waals surface area contributed by atoms with Gasteiger partial charge in [0.15, 0.2) is 11.5 Å². The summed E-state index contributed by atoms with van der Waals surface area (Å²) < 4.78 is 11.9. The zero-order valence-corrected chi connectivity index (χ0v) is 11.4. The van der Waals surface area contributed by atoms with Crippen LogP contribution in [-0.4, -0.2) is 17.0 Å². The summed E-state index contributed by atoms with van der Waals surface area (Å²) in [5.41, 5.74) is 8.86. The standard InChI is InChI=1S/C12H12BrN3O2/c1-2-6-7(8-4-15-16-12(8)14)3-9(13)11-10(6)17-5-18-11/h3-4H,2,5H2,1H3,(H3,14,15,16). The van der Waals surface area contributed by atoms with E-state index in [1.165, 1.54) is 0 Å². The number of hydrogen-bond donors (Lipinski definition) is 2. The molecule has 1 aliphatic rings. The van der Waals surface area contributed by atoms with Crippen molar-refractivity contribution in [2.24, 2.45) is 0 Å². The van der Waals surface area contributed by atoms with Gasteiger partial charge in [-0.1, -0.05) is 6.92 Å². The number of aromatic nitrogens is 2. The van der Waals surface area contributed by atoms with Gasteiger partial charge in [-0.05, 0) is 34.0 Å². The molecule has 3 N–H and O–H groups in total. The van der Waals surface area contributed by atoms with E-state index in [4.69, 9.17) is 15.2 Å². The van der Waals surface area contributed by atoms with Gasteiger partial charge in [0.1, 0.15) is 5.82 Å². The third-order valence-corrected chi connectivity index (χ3v) is 3.60. The minimum atomic E-state index is 0.255. The fraction of sp³-hybridized carbons (Fsp3) is 0.250. The van der Waals surface area contributed by atoms with Gasteiger partial charge in [-0.15, -0.1) is 0 Å². The maximum atomic E-state index is 5.89. The van der Waals surface area contributed by atoms with E-state index in [0.717, 1.165) is 39.1 Å². The second kappa shape index (κ2) is 4.20. The molecule has 0 atom stereocenters. The number of aromatic amines is 1. The molecule has 0 amide bonds. The predicted octanol–water partition coefficient (Wildman–Crippen LogP) is 2.71. The molecule has 94 valence electrons. The van der Waals surface area contributed by atoms with Crippen LogP contribution in [0.15, 0.2) is 16.7 Å². The van der Waals surface area contributed by atoms with Crippen LogP contribution in [0.1, 0.15) is 12.5 Å². The van der Waals surface area contributed by atoms with Crippen molar-refractivity contribution in [3.05, 3.63) is 22.3 Å². The number of H-pyrrole nitrogens is 1. The number of ether oxygens (including phenoxy) is 2. The molecule has 3 rings (SSSR count). The highest BCUT2D eigenvalue weighted by molar-refractivity contribution is 9.10. The molecule has 0 saturated heterocycles. The number of nitrogens with zero attached hydrogens (tertiary/aromatic N) is 1. The maximum absolute atomic E-state index is 5.89. The van der Waals surface area contributed by atoms with Crippen LogP contribution in [0.3, 0.4) is 0 Å². The topological polar surface area (TPSA) is 73.2 Å². The zero-order valence-electron chi connectivity index (χ0n) is 9.79. The Hall–Kier alpha value is -1.69. The van der Waals surface area contributed by atoms with E-state index in [-0.39, 0.29) is 6.79 Å². The van der Waals surface area contributed by atoms with Crippen molar-refractivity contribution in [1.29, 1.82) is 0 Å². The number of nitrogens with two attached hydrogens (primary N) is 1. The van der Waals surface area contributed by atoms with Crippen LogP contribution in [0.2, 0.25) is 0 Å². The highest BCUT2D eigenvalue weighted by atomic mass is 79.9. The number of hydrogen-bond acceptors (Lipinski definition) is 4. The summed E-state index contributed by atoms with van der Waals surface area (Å²) in [6.45, 7) is 2.33. The van der Waals surface area contributed by atoms with E-state index in [2.05, 4.69) is 33.1 Å². The van der Waals surface area contributed by atoms with Crippen molar-refractivity contribution < 1.29 is 9.47 Å². The quantitative estimate of drug-likeness (QED) is 0.894. The first-order valence-electron chi connectivity index (χ1n) is 5.62. The Balaban J connectivity index is 2.27. The summed E-state index contributed by atoms with van der Waals surface area (Å²) in [7, 11) is 0. The lowest BCUT2D eigenvalue weighted by Crippen LogP contribution is -1.96. The molecule has 0 unspecified atom stereocenters. The molecule has 1 aromatic carbocycles. The van der Waals surface area contributed by atoms with Gasteiger partial charge in [-0.2, -0.15) is 5.10 Å². The molecule has 18 heavy (non-hydrogen) atoms. The van der Waals surface area contributed by atoms with Gasteiger partial charge in [0, 0.05) is 11.1 Å². The Labute approximate surface area is 112 Å². The van der Waals surface area contributed by atoms with Crippen LogP contribution >= 0.6 is 15.9 Å². The first kappa shape index (κ1) is 11.4. The Morgan fingerprint density at radius 1 is 1.39 bits per heavy atom. The average molecular weight is 310 g/mol. The minimum Gasteiger partial charge on any atom is -0.453 e. The summed E-state index contributed by atoms with van der Waals surface area (Å²) in [5.74, 6) is 2.11. The molecule has 0 aliphatic carbocycles. The first-order valence-corrected chi connectivity index (χ1v) is 6.41. The van der Waals surface area contributed by atoms with Gasteiger partial charge < -0.3 is 15.2 Å². The second-order valence-corrected chi connectivity index (χ2v) is 4.85. The third kappa shape index (κ3) is 1.56. The first-order chi connectivity index (χ1) is 8.72. The van der Waals surface area contributed by atoms with Crippen molar-refractivity contribution in [2.45, 2.75) is 13.3 Å². The average Bonchev–Trinajstić information content (AvgIpc) is 2.97. The lowest BCUT2D eigenvalue weighted by atomic mass is 9.98. The normalized spacial score (nSPS) is 13.0. The van der Waals surface area contributed by atoms with Crippen LogP contribution in [0.4, 0.5) is 5.82 Å². The molecule has 0 fully saturated rings. The highest BCUT2D eigenvalue weighted by Crippen LogP contribution is 2.47. The number of rotatable bonds is 2. The summed E-state index contributed by atoms with van der Waals surface area (Å²) in [6, 6.07) is 1.99. The van der Waals surface area contributed by atoms with E-state index >= 15 is 0 Å². The van der Waals surface area contributed by atoms with Crippen molar-refractivity contribution in [3.63, 3.8) is 0 Å². The smallest absolute Gasteiger partial charge is 0.231 e. The molecular weight excluding hydrogens is 298 g/mol. The van der Waals surface area contributed by atoms with Crippen LogP contribution in [0.25, 0.3) is 11.1 Å². The van der Waals surface area contributed by atoms with Crippen LogP contribution < -0.4 is 15.2 Å². The summed E-state index contributed by atoms with van der Waals surface area (Å²) >= 11 is 3.50. The fourth-order valence-electron chi connectivity index (χ4n) is 2.18. The van der Waals surface area contributed by atoms with Gasteiger partial charge >= 0.3 is 0 Å². The molecule has 1 aliphatic heterocycles. The third-order valence-electron chi connectivity index (χ3n) is 3.01. The summed E-state index contributed by atoms with van der Waals surface area (Å²) in [5, 5.41) is 6.71. The van der Waals surface area contributed by atoms with E-state index in [1.807, 2.05) is 6.07 Å². The van der Waals surface area contributed by atoms with Gasteiger partial charge in [-0.25, -0.2) is 0 Å². The fourth-order valence-corrected chi connectivity index (χ4v) is 2.71. The molecule has 5 nitrogen and oxygen atoms in total. The Kier molecular flexibility index (Phi) is 2.66. The van der Waals surface area contributed by atoms with Crippen molar-refractivity contribution in [2.75, 3.05) is 12.5 Å². The Morgan fingerprint density at radius 3 is 2.83 bits per heavy atom. The number of halogens is 1. The molecule has 2 aromatic rings. The molecular formula is C12H12BrN3O2. The van der Waals surface area contributed by atoms with Crippen molar-refractivity contribution in [1.82, 2.24) is 10.2 Å². The van der Waals surface area contributed by atoms with Crippen molar-refractivity contribution >= 4 is 21.7 Å². The molecule has 0 saturated carbocycles. The summed E-state index contributed by atoms with van der Waals surface area (Å²) in [4.78, 5) is 0. The Bertz CT molecular complexity index is 610. The van der Waals surface area contributed by atoms with E-state index in [1.54, 1.807) is 6.20 Å². The second-order valence-electron chi connectivity index (χ2n) is 4.00. The number of nitrogen functional groups attached to an aromatic ring is 1. The lowest BCUT2D eigenvalue weighted by Gasteiger charge is -2.11. The molecule has 2 heterocycles.